The zero-order chi connectivity index (χ0) is 13.4. The summed E-state index contributed by atoms with van der Waals surface area (Å²) >= 11 is 0. The van der Waals surface area contributed by atoms with E-state index < -0.39 is 0 Å². The number of benzene rings is 1. The number of nitrogens with one attached hydrogen (secondary N) is 1. The molecule has 0 saturated heterocycles. The van der Waals surface area contributed by atoms with E-state index >= 15 is 0 Å². The molecule has 1 aromatic rings. The summed E-state index contributed by atoms with van der Waals surface area (Å²) in [5.74, 6) is -0.144. The van der Waals surface area contributed by atoms with E-state index in [-0.39, 0.29) is 19.1 Å². The van der Waals surface area contributed by atoms with Crippen LogP contribution in [0.25, 0.3) is 0 Å². The molecule has 1 rings (SSSR count). The predicted molar refractivity (Wildman–Crippen MR) is 74.0 cm³/mol. The first-order valence-corrected chi connectivity index (χ1v) is 6.47. The van der Waals surface area contributed by atoms with Crippen LogP contribution in [0.3, 0.4) is 0 Å². The fourth-order valence-electron chi connectivity index (χ4n) is 1.83. The molecule has 0 atom stereocenters. The number of carbonyl (C=O) groups is 1. The minimum Gasteiger partial charge on any atom is -0.395 e. The van der Waals surface area contributed by atoms with Crippen LogP contribution >= 0.6 is 0 Å². The molecule has 4 heteroatoms. The maximum absolute atomic E-state index is 11.6. The molecule has 0 aliphatic heterocycles. The number of aliphatic hydroxyl groups is 1. The van der Waals surface area contributed by atoms with Gasteiger partial charge in [-0.1, -0.05) is 6.92 Å². The van der Waals surface area contributed by atoms with Crippen LogP contribution in [0.2, 0.25) is 0 Å². The van der Waals surface area contributed by atoms with Crippen molar-refractivity contribution in [3.8, 4) is 0 Å². The minimum atomic E-state index is -0.144. The summed E-state index contributed by atoms with van der Waals surface area (Å²) in [6.45, 7) is 6.51. The van der Waals surface area contributed by atoms with E-state index in [1.165, 1.54) is 0 Å². The summed E-state index contributed by atoms with van der Waals surface area (Å²) in [6, 6.07) is 7.57. The molecule has 1 aromatic carbocycles. The Labute approximate surface area is 109 Å². The summed E-state index contributed by atoms with van der Waals surface area (Å²) in [4.78, 5) is 13.9. The molecule has 0 heterocycles. The molecule has 4 nitrogen and oxygen atoms in total. The number of hydrogen-bond donors (Lipinski definition) is 2. The first-order valence-electron chi connectivity index (χ1n) is 6.47. The second kappa shape index (κ2) is 7.71. The van der Waals surface area contributed by atoms with Crippen molar-refractivity contribution in [1.82, 2.24) is 5.32 Å². The standard InChI is InChI=1S/C14H22N2O2/c1-3-10-16(4-2)13-7-5-12(6-8-13)14(18)15-9-11-17/h5-8,17H,3-4,9-11H2,1-2H3,(H,15,18). The van der Waals surface area contributed by atoms with Crippen molar-refractivity contribution < 1.29 is 9.90 Å². The fourth-order valence-corrected chi connectivity index (χ4v) is 1.83. The van der Waals surface area contributed by atoms with E-state index in [2.05, 4.69) is 24.1 Å². The van der Waals surface area contributed by atoms with E-state index in [1.807, 2.05) is 24.3 Å². The molecular formula is C14H22N2O2. The van der Waals surface area contributed by atoms with E-state index in [0.717, 1.165) is 25.2 Å². The lowest BCUT2D eigenvalue weighted by molar-refractivity contribution is 0.0945. The average Bonchev–Trinajstić information content (AvgIpc) is 2.42. The molecule has 2 N–H and O–H groups in total. The topological polar surface area (TPSA) is 52.6 Å². The third-order valence-corrected chi connectivity index (χ3v) is 2.77. The monoisotopic (exact) mass is 250 g/mol. The summed E-state index contributed by atoms with van der Waals surface area (Å²) in [6.07, 6.45) is 1.10. The molecule has 0 fully saturated rings. The fraction of sp³-hybridized carbons (Fsp3) is 0.500. The Bertz CT molecular complexity index is 363. The summed E-state index contributed by atoms with van der Waals surface area (Å²) in [5.41, 5.74) is 1.76. The van der Waals surface area contributed by atoms with Crippen LogP contribution in [-0.2, 0) is 0 Å². The number of anilines is 1. The Hall–Kier alpha value is -1.55. The zero-order valence-electron chi connectivity index (χ0n) is 11.1. The van der Waals surface area contributed by atoms with Gasteiger partial charge in [0.25, 0.3) is 5.91 Å². The third-order valence-electron chi connectivity index (χ3n) is 2.77. The van der Waals surface area contributed by atoms with Crippen LogP contribution in [0, 0.1) is 0 Å². The van der Waals surface area contributed by atoms with Crippen molar-refractivity contribution >= 4 is 11.6 Å². The van der Waals surface area contributed by atoms with Crippen molar-refractivity contribution in [2.75, 3.05) is 31.1 Å². The lowest BCUT2D eigenvalue weighted by Gasteiger charge is -2.22. The van der Waals surface area contributed by atoms with Gasteiger partial charge in [0.15, 0.2) is 0 Å². The van der Waals surface area contributed by atoms with Gasteiger partial charge >= 0.3 is 0 Å². The van der Waals surface area contributed by atoms with Crippen LogP contribution in [0.5, 0.6) is 0 Å². The lowest BCUT2D eigenvalue weighted by Crippen LogP contribution is -2.26. The molecule has 0 aliphatic carbocycles. The maximum Gasteiger partial charge on any atom is 0.251 e. The van der Waals surface area contributed by atoms with Gasteiger partial charge in [0, 0.05) is 30.9 Å². The van der Waals surface area contributed by atoms with Gasteiger partial charge < -0.3 is 15.3 Å². The first kappa shape index (κ1) is 14.5. The molecule has 18 heavy (non-hydrogen) atoms. The van der Waals surface area contributed by atoms with Crippen LogP contribution in [-0.4, -0.2) is 37.3 Å². The molecule has 0 aliphatic rings. The number of rotatable bonds is 7. The second-order valence-electron chi connectivity index (χ2n) is 4.11. The Kier molecular flexibility index (Phi) is 6.22. The van der Waals surface area contributed by atoms with Gasteiger partial charge in [0.2, 0.25) is 0 Å². The Morgan fingerprint density at radius 3 is 2.44 bits per heavy atom. The molecule has 0 aromatic heterocycles. The molecule has 0 unspecified atom stereocenters. The van der Waals surface area contributed by atoms with Crippen molar-refractivity contribution in [1.29, 1.82) is 0 Å². The van der Waals surface area contributed by atoms with Gasteiger partial charge in [-0.2, -0.15) is 0 Å². The van der Waals surface area contributed by atoms with Gasteiger partial charge in [-0.05, 0) is 37.6 Å². The van der Waals surface area contributed by atoms with Gasteiger partial charge in [0.05, 0.1) is 6.61 Å². The Morgan fingerprint density at radius 1 is 1.28 bits per heavy atom. The van der Waals surface area contributed by atoms with Gasteiger partial charge in [0.1, 0.15) is 0 Å². The third kappa shape index (κ3) is 4.04. The van der Waals surface area contributed by atoms with E-state index in [1.54, 1.807) is 0 Å². The molecule has 0 radical (unpaired) electrons. The highest BCUT2D eigenvalue weighted by Crippen LogP contribution is 2.15. The normalized spacial score (nSPS) is 10.2. The summed E-state index contributed by atoms with van der Waals surface area (Å²) in [7, 11) is 0. The van der Waals surface area contributed by atoms with Crippen molar-refractivity contribution in [3.63, 3.8) is 0 Å². The van der Waals surface area contributed by atoms with E-state index in [4.69, 9.17) is 5.11 Å². The lowest BCUT2D eigenvalue weighted by atomic mass is 10.1. The highest BCUT2D eigenvalue weighted by molar-refractivity contribution is 5.94. The van der Waals surface area contributed by atoms with Crippen LogP contribution in [0.15, 0.2) is 24.3 Å². The average molecular weight is 250 g/mol. The molecule has 100 valence electrons. The quantitative estimate of drug-likeness (QED) is 0.773. The van der Waals surface area contributed by atoms with Crippen molar-refractivity contribution in [2.24, 2.45) is 0 Å². The van der Waals surface area contributed by atoms with Gasteiger partial charge in [-0.3, -0.25) is 4.79 Å². The first-order chi connectivity index (χ1) is 8.72. The van der Waals surface area contributed by atoms with Gasteiger partial charge in [-0.25, -0.2) is 0 Å². The number of amides is 1. The van der Waals surface area contributed by atoms with Gasteiger partial charge in [-0.15, -0.1) is 0 Å². The number of nitrogens with zero attached hydrogens (tertiary/aromatic N) is 1. The second-order valence-corrected chi connectivity index (χ2v) is 4.11. The highest BCUT2D eigenvalue weighted by atomic mass is 16.3. The number of aliphatic hydroxyl groups excluding tert-OH is 1. The molecule has 0 bridgehead atoms. The van der Waals surface area contributed by atoms with E-state index in [0.29, 0.717) is 5.56 Å². The molecule has 0 spiro atoms. The minimum absolute atomic E-state index is 0.0378. The van der Waals surface area contributed by atoms with Crippen molar-refractivity contribution in [3.05, 3.63) is 29.8 Å². The zero-order valence-corrected chi connectivity index (χ0v) is 11.1. The molecular weight excluding hydrogens is 228 g/mol. The smallest absolute Gasteiger partial charge is 0.251 e. The maximum atomic E-state index is 11.6. The van der Waals surface area contributed by atoms with E-state index in [9.17, 15) is 4.79 Å². The number of carbonyl (C=O) groups excluding carboxylic acids is 1. The Morgan fingerprint density at radius 2 is 1.94 bits per heavy atom. The molecule has 1 amide bonds. The van der Waals surface area contributed by atoms with Crippen LogP contribution < -0.4 is 10.2 Å². The summed E-state index contributed by atoms with van der Waals surface area (Å²) < 4.78 is 0. The molecule has 0 saturated carbocycles. The van der Waals surface area contributed by atoms with Crippen LogP contribution in [0.4, 0.5) is 5.69 Å². The van der Waals surface area contributed by atoms with Crippen LogP contribution in [0.1, 0.15) is 30.6 Å². The number of hydrogen-bond acceptors (Lipinski definition) is 3. The largest absolute Gasteiger partial charge is 0.395 e. The predicted octanol–water partition coefficient (Wildman–Crippen LogP) is 1.64. The Balaban J connectivity index is 2.69. The summed E-state index contributed by atoms with van der Waals surface area (Å²) in [5, 5.41) is 11.3. The SMILES string of the molecule is CCCN(CC)c1ccc(C(=O)NCCO)cc1. The van der Waals surface area contributed by atoms with Crippen molar-refractivity contribution in [2.45, 2.75) is 20.3 Å². The highest BCUT2D eigenvalue weighted by Gasteiger charge is 2.06.